The molecule has 88 valence electrons. The first kappa shape index (κ1) is 14.2. The zero-order chi connectivity index (χ0) is 10.9. The minimum atomic E-state index is -4.24. The van der Waals surface area contributed by atoms with Crippen molar-refractivity contribution in [2.45, 2.75) is 33.1 Å². The van der Waals surface area contributed by atoms with Gasteiger partial charge in [-0.15, -0.1) is 12.4 Å². The van der Waals surface area contributed by atoms with Gasteiger partial charge in [0.05, 0.1) is 5.69 Å². The first-order valence-electron chi connectivity index (χ1n) is 4.15. The van der Waals surface area contributed by atoms with Crippen molar-refractivity contribution in [3.8, 4) is 0 Å². The minimum Gasteiger partial charge on any atom is -0.326 e. The van der Waals surface area contributed by atoms with Gasteiger partial charge in [0.1, 0.15) is 6.54 Å². The average molecular weight is 244 g/mol. The Hall–Kier alpha value is -0.750. The standard InChI is InChI=1S/C8H12F3N3.ClH/c1-5-7(3-12)6(2)14(13-5)4-8(9,10)11;/h3-4,12H2,1-2H3;1H. The Morgan fingerprint density at radius 3 is 2.20 bits per heavy atom. The first-order valence-corrected chi connectivity index (χ1v) is 4.15. The van der Waals surface area contributed by atoms with Gasteiger partial charge in [-0.1, -0.05) is 0 Å². The molecule has 0 atom stereocenters. The van der Waals surface area contributed by atoms with E-state index in [1.54, 1.807) is 13.8 Å². The minimum absolute atomic E-state index is 0. The number of hydrogen-bond donors (Lipinski definition) is 1. The summed E-state index contributed by atoms with van der Waals surface area (Å²) in [5, 5.41) is 3.78. The van der Waals surface area contributed by atoms with Crippen LogP contribution in [0, 0.1) is 13.8 Å². The second kappa shape index (κ2) is 4.85. The van der Waals surface area contributed by atoms with E-state index in [0.717, 1.165) is 4.68 Å². The highest BCUT2D eigenvalue weighted by molar-refractivity contribution is 5.85. The van der Waals surface area contributed by atoms with Crippen molar-refractivity contribution >= 4 is 12.4 Å². The molecule has 15 heavy (non-hydrogen) atoms. The third kappa shape index (κ3) is 3.39. The summed E-state index contributed by atoms with van der Waals surface area (Å²) in [5.74, 6) is 0. The van der Waals surface area contributed by atoms with E-state index < -0.39 is 12.7 Å². The van der Waals surface area contributed by atoms with Crippen LogP contribution in [0.3, 0.4) is 0 Å². The van der Waals surface area contributed by atoms with Gasteiger partial charge in [-0.05, 0) is 13.8 Å². The first-order chi connectivity index (χ1) is 6.35. The van der Waals surface area contributed by atoms with Crippen molar-refractivity contribution in [3.05, 3.63) is 17.0 Å². The largest absolute Gasteiger partial charge is 0.408 e. The van der Waals surface area contributed by atoms with E-state index in [-0.39, 0.29) is 19.0 Å². The van der Waals surface area contributed by atoms with Gasteiger partial charge in [0.15, 0.2) is 0 Å². The Morgan fingerprint density at radius 1 is 1.33 bits per heavy atom. The molecule has 2 N–H and O–H groups in total. The highest BCUT2D eigenvalue weighted by Crippen LogP contribution is 2.20. The molecule has 0 saturated heterocycles. The van der Waals surface area contributed by atoms with Crippen molar-refractivity contribution in [3.63, 3.8) is 0 Å². The maximum absolute atomic E-state index is 12.1. The summed E-state index contributed by atoms with van der Waals surface area (Å²) in [5.41, 5.74) is 7.14. The molecule has 0 aromatic carbocycles. The number of hydrogen-bond acceptors (Lipinski definition) is 2. The molecule has 0 fully saturated rings. The fourth-order valence-corrected chi connectivity index (χ4v) is 1.35. The number of nitrogens with zero attached hydrogens (tertiary/aromatic N) is 2. The summed E-state index contributed by atoms with van der Waals surface area (Å²) in [7, 11) is 0. The third-order valence-electron chi connectivity index (χ3n) is 2.06. The zero-order valence-electron chi connectivity index (χ0n) is 8.43. The van der Waals surface area contributed by atoms with Gasteiger partial charge in [0.2, 0.25) is 0 Å². The second-order valence-electron chi connectivity index (χ2n) is 3.13. The molecule has 1 aromatic rings. The Bertz CT molecular complexity index is 333. The van der Waals surface area contributed by atoms with E-state index >= 15 is 0 Å². The van der Waals surface area contributed by atoms with Crippen LogP contribution in [-0.4, -0.2) is 16.0 Å². The van der Waals surface area contributed by atoms with Crippen LogP contribution in [0.4, 0.5) is 13.2 Å². The molecular weight excluding hydrogens is 231 g/mol. The van der Waals surface area contributed by atoms with Crippen LogP contribution in [0.5, 0.6) is 0 Å². The fourth-order valence-electron chi connectivity index (χ4n) is 1.35. The van der Waals surface area contributed by atoms with E-state index in [4.69, 9.17) is 5.73 Å². The fraction of sp³-hybridized carbons (Fsp3) is 0.625. The number of aromatic nitrogens is 2. The summed E-state index contributed by atoms with van der Waals surface area (Å²) >= 11 is 0. The molecule has 0 saturated carbocycles. The van der Waals surface area contributed by atoms with Crippen molar-refractivity contribution in [2.75, 3.05) is 0 Å². The summed E-state index contributed by atoms with van der Waals surface area (Å²) in [4.78, 5) is 0. The lowest BCUT2D eigenvalue weighted by Crippen LogP contribution is -2.19. The molecular formula is C8H13ClF3N3. The van der Waals surface area contributed by atoms with Gasteiger partial charge in [-0.3, -0.25) is 4.68 Å². The van der Waals surface area contributed by atoms with Crippen LogP contribution in [0.1, 0.15) is 17.0 Å². The summed E-state index contributed by atoms with van der Waals surface area (Å²) in [6.45, 7) is 2.41. The van der Waals surface area contributed by atoms with Crippen molar-refractivity contribution in [2.24, 2.45) is 5.73 Å². The summed E-state index contributed by atoms with van der Waals surface area (Å²) in [6.07, 6.45) is -4.24. The van der Waals surface area contributed by atoms with Gasteiger partial charge >= 0.3 is 6.18 Å². The van der Waals surface area contributed by atoms with Gasteiger partial charge in [0, 0.05) is 17.8 Å². The molecule has 7 heteroatoms. The molecule has 1 rings (SSSR count). The van der Waals surface area contributed by atoms with Gasteiger partial charge in [0.25, 0.3) is 0 Å². The van der Waals surface area contributed by atoms with Gasteiger partial charge in [-0.25, -0.2) is 0 Å². The normalized spacial score (nSPS) is 11.3. The molecule has 0 bridgehead atoms. The van der Waals surface area contributed by atoms with E-state index in [0.29, 0.717) is 17.0 Å². The Kier molecular flexibility index (Phi) is 4.61. The molecule has 0 aliphatic rings. The maximum Gasteiger partial charge on any atom is 0.408 e. The predicted octanol–water partition coefficient (Wildman–Crippen LogP) is 1.94. The SMILES string of the molecule is Cc1nn(CC(F)(F)F)c(C)c1CN.Cl. The molecule has 0 aliphatic heterocycles. The molecule has 3 nitrogen and oxygen atoms in total. The number of alkyl halides is 3. The molecule has 0 amide bonds. The smallest absolute Gasteiger partial charge is 0.326 e. The van der Waals surface area contributed by atoms with Crippen molar-refractivity contribution < 1.29 is 13.2 Å². The van der Waals surface area contributed by atoms with Crippen LogP contribution in [0.25, 0.3) is 0 Å². The summed E-state index contributed by atoms with van der Waals surface area (Å²) < 4.78 is 37.2. The Balaban J connectivity index is 0.00000196. The molecule has 0 radical (unpaired) electrons. The van der Waals surface area contributed by atoms with Gasteiger partial charge < -0.3 is 5.73 Å². The number of halogens is 4. The molecule has 1 aromatic heterocycles. The third-order valence-corrected chi connectivity index (χ3v) is 2.06. The van der Waals surface area contributed by atoms with Crippen LogP contribution in [0.2, 0.25) is 0 Å². The highest BCUT2D eigenvalue weighted by Gasteiger charge is 2.29. The van der Waals surface area contributed by atoms with E-state index in [1.165, 1.54) is 0 Å². The lowest BCUT2D eigenvalue weighted by Gasteiger charge is -2.08. The number of aryl methyl sites for hydroxylation is 1. The summed E-state index contributed by atoms with van der Waals surface area (Å²) in [6, 6.07) is 0. The molecule has 0 spiro atoms. The van der Waals surface area contributed by atoms with Gasteiger partial charge in [-0.2, -0.15) is 18.3 Å². The molecule has 0 aliphatic carbocycles. The number of rotatable bonds is 2. The topological polar surface area (TPSA) is 43.8 Å². The van der Waals surface area contributed by atoms with E-state index in [2.05, 4.69) is 5.10 Å². The zero-order valence-corrected chi connectivity index (χ0v) is 9.24. The van der Waals surface area contributed by atoms with Crippen LogP contribution in [-0.2, 0) is 13.1 Å². The lowest BCUT2D eigenvalue weighted by molar-refractivity contribution is -0.142. The average Bonchev–Trinajstić information content (AvgIpc) is 2.24. The van der Waals surface area contributed by atoms with Crippen molar-refractivity contribution in [1.82, 2.24) is 9.78 Å². The van der Waals surface area contributed by atoms with Crippen LogP contribution < -0.4 is 5.73 Å². The quantitative estimate of drug-likeness (QED) is 0.863. The second-order valence-corrected chi connectivity index (χ2v) is 3.13. The monoisotopic (exact) mass is 243 g/mol. The van der Waals surface area contributed by atoms with E-state index in [1.807, 2.05) is 0 Å². The maximum atomic E-state index is 12.1. The Labute approximate surface area is 91.9 Å². The Morgan fingerprint density at radius 2 is 1.87 bits per heavy atom. The highest BCUT2D eigenvalue weighted by atomic mass is 35.5. The molecule has 1 heterocycles. The van der Waals surface area contributed by atoms with E-state index in [9.17, 15) is 13.2 Å². The van der Waals surface area contributed by atoms with Crippen LogP contribution in [0.15, 0.2) is 0 Å². The van der Waals surface area contributed by atoms with Crippen molar-refractivity contribution in [1.29, 1.82) is 0 Å². The molecule has 0 unspecified atom stereocenters. The predicted molar refractivity (Wildman–Crippen MR) is 52.9 cm³/mol. The lowest BCUT2D eigenvalue weighted by atomic mass is 10.2. The van der Waals surface area contributed by atoms with Crippen LogP contribution >= 0.6 is 12.4 Å². The number of nitrogens with two attached hydrogens (primary N) is 1.